The first-order valence-electron chi connectivity index (χ1n) is 9.27. The summed E-state index contributed by atoms with van der Waals surface area (Å²) in [4.78, 5) is 24.5. The molecule has 0 bridgehead atoms. The van der Waals surface area contributed by atoms with Crippen molar-refractivity contribution >= 4 is 36.9 Å². The normalized spacial score (nSPS) is 11.9. The molecule has 0 spiro atoms. The van der Waals surface area contributed by atoms with Crippen LogP contribution in [0.5, 0.6) is 17.2 Å². The highest BCUT2D eigenvalue weighted by Gasteiger charge is 2.35. The molecule has 29 heavy (non-hydrogen) atoms. The summed E-state index contributed by atoms with van der Waals surface area (Å²) < 4.78 is 21.8. The maximum Gasteiger partial charge on any atom is 0.330 e. The van der Waals surface area contributed by atoms with Crippen LogP contribution in [0.3, 0.4) is 0 Å². The molecule has 162 valence electrons. The second-order valence-electron chi connectivity index (χ2n) is 8.57. The van der Waals surface area contributed by atoms with Crippen LogP contribution in [0.2, 0.25) is 19.6 Å². The Morgan fingerprint density at radius 2 is 1.41 bits per heavy atom. The number of methoxy groups -OCH3 is 4. The van der Waals surface area contributed by atoms with E-state index in [9.17, 15) is 9.59 Å². The third kappa shape index (κ3) is 5.53. The molecule has 1 N–H and O–H groups in total. The Hall–Kier alpha value is -2.48. The number of hydrogen-bond donors (Lipinski definition) is 1. The van der Waals surface area contributed by atoms with Gasteiger partial charge in [0.1, 0.15) is 5.75 Å². The van der Waals surface area contributed by atoms with Crippen molar-refractivity contribution in [3.8, 4) is 17.2 Å². The van der Waals surface area contributed by atoms with E-state index >= 15 is 0 Å². The molecule has 8 heteroatoms. The first kappa shape index (κ1) is 24.6. The molecule has 0 aliphatic heterocycles. The van der Waals surface area contributed by atoms with Crippen molar-refractivity contribution in [1.82, 2.24) is 0 Å². The van der Waals surface area contributed by atoms with Gasteiger partial charge in [-0.25, -0.2) is 4.79 Å². The highest BCUT2D eigenvalue weighted by Crippen LogP contribution is 2.44. The third-order valence-electron chi connectivity index (χ3n) is 4.27. The maximum absolute atomic E-state index is 12.8. The van der Waals surface area contributed by atoms with Gasteiger partial charge >= 0.3 is 5.97 Å². The molecule has 1 aromatic rings. The number of benzene rings is 1. The van der Waals surface area contributed by atoms with Crippen molar-refractivity contribution in [3.05, 3.63) is 11.6 Å². The van der Waals surface area contributed by atoms with Crippen molar-refractivity contribution in [3.63, 3.8) is 0 Å². The molecule has 0 unspecified atom stereocenters. The number of carbonyl (C=O) groups excluding carboxylic acids is 2. The molecule has 0 aromatic heterocycles. The Morgan fingerprint density at radius 1 is 0.897 bits per heavy atom. The smallest absolute Gasteiger partial charge is 0.330 e. The predicted molar refractivity (Wildman–Crippen MR) is 118 cm³/mol. The predicted octanol–water partition coefficient (Wildman–Crippen LogP) is 3.43. The molecule has 1 aromatic carbocycles. The third-order valence-corrected chi connectivity index (χ3v) is 6.22. The molecule has 0 aliphatic rings. The Bertz CT molecular complexity index is 803. The van der Waals surface area contributed by atoms with Crippen LogP contribution in [0.4, 0.5) is 5.69 Å². The molecule has 7 nitrogen and oxygen atoms in total. The number of nitrogens with one attached hydrogen (secondary N) is 1. The standard InChI is InChI=1S/C21H33NO6Si/c1-21(2,3)20(24)22-15-13(11-12-14(23)25-4)16(26-5)18(28-7)19(17(15)27-6)29(8,9)10/h11-12H,1-10H3,(H,22,24)/b12-11+. The monoisotopic (exact) mass is 423 g/mol. The molecule has 1 amide bonds. The van der Waals surface area contributed by atoms with Crippen LogP contribution in [0.25, 0.3) is 6.08 Å². The number of anilines is 1. The first-order valence-corrected chi connectivity index (χ1v) is 12.8. The minimum absolute atomic E-state index is 0.197. The van der Waals surface area contributed by atoms with E-state index in [1.165, 1.54) is 26.4 Å². The number of rotatable bonds is 7. The van der Waals surface area contributed by atoms with Crippen LogP contribution in [-0.4, -0.2) is 48.4 Å². The Balaban J connectivity index is 4.03. The summed E-state index contributed by atoms with van der Waals surface area (Å²) in [5.74, 6) is 0.713. The van der Waals surface area contributed by atoms with Crippen LogP contribution in [0.1, 0.15) is 26.3 Å². The fourth-order valence-electron chi connectivity index (χ4n) is 2.79. The van der Waals surface area contributed by atoms with E-state index in [1.807, 2.05) is 20.8 Å². The van der Waals surface area contributed by atoms with E-state index in [-0.39, 0.29) is 5.91 Å². The molecule has 0 atom stereocenters. The highest BCUT2D eigenvalue weighted by molar-refractivity contribution is 6.90. The first-order chi connectivity index (χ1) is 13.3. The van der Waals surface area contributed by atoms with Gasteiger partial charge in [0.25, 0.3) is 0 Å². The molecule has 1 rings (SSSR count). The fourth-order valence-corrected chi connectivity index (χ4v) is 4.59. The number of esters is 1. The van der Waals surface area contributed by atoms with E-state index < -0.39 is 19.5 Å². The van der Waals surface area contributed by atoms with Crippen LogP contribution in [-0.2, 0) is 14.3 Å². The molecule has 0 saturated heterocycles. The van der Waals surface area contributed by atoms with Gasteiger partial charge in [-0.15, -0.1) is 0 Å². The lowest BCUT2D eigenvalue weighted by molar-refractivity contribution is -0.134. The van der Waals surface area contributed by atoms with E-state index in [1.54, 1.807) is 14.2 Å². The molecule has 0 fully saturated rings. The van der Waals surface area contributed by atoms with Crippen LogP contribution in [0, 0.1) is 5.41 Å². The maximum atomic E-state index is 12.8. The van der Waals surface area contributed by atoms with Gasteiger partial charge in [-0.05, 0) is 6.08 Å². The Kier molecular flexibility index (Phi) is 7.91. The zero-order chi connectivity index (χ0) is 22.6. The summed E-state index contributed by atoms with van der Waals surface area (Å²) in [6.45, 7) is 11.9. The fraction of sp³-hybridized carbons (Fsp3) is 0.524. The zero-order valence-corrected chi connectivity index (χ0v) is 20.1. The largest absolute Gasteiger partial charge is 0.495 e. The van der Waals surface area contributed by atoms with Crippen LogP contribution in [0.15, 0.2) is 6.08 Å². The van der Waals surface area contributed by atoms with Crippen molar-refractivity contribution in [2.24, 2.45) is 5.41 Å². The number of ether oxygens (including phenoxy) is 4. The van der Waals surface area contributed by atoms with E-state index in [0.29, 0.717) is 28.5 Å². The lowest BCUT2D eigenvalue weighted by Gasteiger charge is -2.29. The van der Waals surface area contributed by atoms with Crippen molar-refractivity contribution in [2.45, 2.75) is 40.4 Å². The van der Waals surface area contributed by atoms with Gasteiger partial charge in [0.15, 0.2) is 11.5 Å². The lowest BCUT2D eigenvalue weighted by Crippen LogP contribution is -2.41. The second kappa shape index (κ2) is 9.34. The van der Waals surface area contributed by atoms with Crippen LogP contribution < -0.4 is 24.7 Å². The number of hydrogen-bond acceptors (Lipinski definition) is 6. The molecule has 0 heterocycles. The molecule has 0 saturated carbocycles. The van der Waals surface area contributed by atoms with Gasteiger partial charge in [-0.3, -0.25) is 4.79 Å². The lowest BCUT2D eigenvalue weighted by atomic mass is 9.95. The minimum atomic E-state index is -2.01. The Labute approximate surface area is 174 Å². The van der Waals surface area contributed by atoms with Crippen LogP contribution >= 0.6 is 0 Å². The highest BCUT2D eigenvalue weighted by atomic mass is 28.3. The van der Waals surface area contributed by atoms with Gasteiger partial charge in [0, 0.05) is 22.2 Å². The summed E-state index contributed by atoms with van der Waals surface area (Å²) in [5, 5.41) is 3.84. The average molecular weight is 424 g/mol. The van der Waals surface area contributed by atoms with Gasteiger partial charge in [-0.1, -0.05) is 40.4 Å². The van der Waals surface area contributed by atoms with Crippen molar-refractivity contribution < 1.29 is 28.5 Å². The summed E-state index contributed by atoms with van der Waals surface area (Å²) >= 11 is 0. The van der Waals surface area contributed by atoms with Gasteiger partial charge in [0.2, 0.25) is 5.91 Å². The molecular formula is C21H33NO6Si. The van der Waals surface area contributed by atoms with Gasteiger partial charge in [-0.2, -0.15) is 0 Å². The van der Waals surface area contributed by atoms with E-state index in [2.05, 4.69) is 25.0 Å². The average Bonchev–Trinajstić information content (AvgIpc) is 2.63. The molecular weight excluding hydrogens is 390 g/mol. The second-order valence-corrected chi connectivity index (χ2v) is 13.6. The molecule has 0 aliphatic carbocycles. The van der Waals surface area contributed by atoms with Gasteiger partial charge < -0.3 is 24.3 Å². The van der Waals surface area contributed by atoms with E-state index in [4.69, 9.17) is 18.9 Å². The summed E-state index contributed by atoms with van der Waals surface area (Å²) in [7, 11) is 3.90. The number of amides is 1. The van der Waals surface area contributed by atoms with E-state index in [0.717, 1.165) is 5.19 Å². The minimum Gasteiger partial charge on any atom is -0.495 e. The molecule has 0 radical (unpaired) electrons. The SMILES string of the molecule is COC(=O)/C=C/c1c(NC(=O)C(C)(C)C)c(OC)c([Si](C)(C)C)c(OC)c1OC. The van der Waals surface area contributed by atoms with Crippen molar-refractivity contribution in [2.75, 3.05) is 33.8 Å². The topological polar surface area (TPSA) is 83.1 Å². The number of carbonyl (C=O) groups is 2. The Morgan fingerprint density at radius 3 is 1.79 bits per heavy atom. The quantitative estimate of drug-likeness (QED) is 0.411. The van der Waals surface area contributed by atoms with Gasteiger partial charge in [0.05, 0.1) is 42.2 Å². The van der Waals surface area contributed by atoms with Crippen molar-refractivity contribution in [1.29, 1.82) is 0 Å². The zero-order valence-electron chi connectivity index (χ0n) is 19.1. The summed E-state index contributed by atoms with van der Waals surface area (Å²) in [6, 6.07) is 0. The summed E-state index contributed by atoms with van der Waals surface area (Å²) in [6.07, 6.45) is 2.79. The summed E-state index contributed by atoms with van der Waals surface area (Å²) in [5.41, 5.74) is 0.259.